The van der Waals surface area contributed by atoms with Gasteiger partial charge in [-0.25, -0.2) is 0 Å². The van der Waals surface area contributed by atoms with Crippen LogP contribution in [0, 0.1) is 6.92 Å². The first-order valence-corrected chi connectivity index (χ1v) is 7.31. The van der Waals surface area contributed by atoms with Crippen LogP contribution < -0.4 is 5.32 Å². The number of para-hydroxylation sites is 1. The fourth-order valence-corrected chi connectivity index (χ4v) is 3.42. The molecule has 4 rings (SSSR count). The monoisotopic (exact) mass is 312 g/mol. The predicted molar refractivity (Wildman–Crippen MR) is 86.1 cm³/mol. The van der Waals surface area contributed by atoms with Crippen LogP contribution >= 0.6 is 11.6 Å². The lowest BCUT2D eigenvalue weighted by atomic mass is 9.85. The van der Waals surface area contributed by atoms with Crippen molar-refractivity contribution in [3.05, 3.63) is 64.3 Å². The van der Waals surface area contributed by atoms with Gasteiger partial charge in [-0.1, -0.05) is 29.8 Å². The Morgan fingerprint density at radius 1 is 1.18 bits per heavy atom. The molecule has 4 nitrogen and oxygen atoms in total. The molecule has 110 valence electrons. The molecule has 1 atom stereocenters. The number of benzene rings is 2. The molecule has 2 aromatic carbocycles. The van der Waals surface area contributed by atoms with Crippen molar-refractivity contribution >= 4 is 34.1 Å². The fourth-order valence-electron chi connectivity index (χ4n) is 3.25. The zero-order chi connectivity index (χ0) is 15.5. The number of aromatic nitrogens is 1. The van der Waals surface area contributed by atoms with Gasteiger partial charge in [0.05, 0.1) is 0 Å². The highest BCUT2D eigenvalue weighted by Gasteiger charge is 2.49. The number of H-pyrrole nitrogens is 1. The van der Waals surface area contributed by atoms with Gasteiger partial charge in [0.25, 0.3) is 5.91 Å². The predicted octanol–water partition coefficient (Wildman–Crippen LogP) is 3.32. The smallest absolute Gasteiger partial charge is 0.265 e. The van der Waals surface area contributed by atoms with Crippen molar-refractivity contribution in [1.82, 2.24) is 4.98 Å². The minimum Gasteiger partial charge on any atom is -0.372 e. The molecule has 0 saturated heterocycles. The lowest BCUT2D eigenvalue weighted by Gasteiger charge is -2.22. The number of halogens is 1. The van der Waals surface area contributed by atoms with Crippen molar-refractivity contribution in [3.63, 3.8) is 0 Å². The van der Waals surface area contributed by atoms with Crippen LogP contribution in [-0.4, -0.2) is 16.0 Å². The van der Waals surface area contributed by atoms with E-state index in [4.69, 9.17) is 11.6 Å². The highest BCUT2D eigenvalue weighted by Crippen LogP contribution is 2.45. The maximum absolute atomic E-state index is 12.5. The summed E-state index contributed by atoms with van der Waals surface area (Å²) in [5.41, 5.74) is 1.53. The van der Waals surface area contributed by atoms with E-state index in [0.29, 0.717) is 21.8 Å². The molecule has 22 heavy (non-hydrogen) atoms. The normalized spacial score (nSPS) is 20.2. The molecule has 1 aromatic heterocycles. The van der Waals surface area contributed by atoms with Gasteiger partial charge in [-0.3, -0.25) is 4.79 Å². The minimum atomic E-state index is -1.75. The number of hydrogen-bond acceptors (Lipinski definition) is 2. The highest BCUT2D eigenvalue weighted by atomic mass is 35.5. The van der Waals surface area contributed by atoms with Gasteiger partial charge in [0.2, 0.25) is 0 Å². The number of carbonyl (C=O) groups is 1. The van der Waals surface area contributed by atoms with E-state index < -0.39 is 11.5 Å². The Balaban J connectivity index is 2.08. The Morgan fingerprint density at radius 3 is 2.77 bits per heavy atom. The SMILES string of the molecule is Cc1[nH]c2ccccc2c1C1(O)C(=O)Nc2ccc(Cl)cc21. The van der Waals surface area contributed by atoms with Crippen LogP contribution in [0.4, 0.5) is 5.69 Å². The molecular weight excluding hydrogens is 300 g/mol. The number of aromatic amines is 1. The first kappa shape index (κ1) is 13.4. The van der Waals surface area contributed by atoms with Crippen molar-refractivity contribution in [2.24, 2.45) is 0 Å². The number of anilines is 1. The summed E-state index contributed by atoms with van der Waals surface area (Å²) in [7, 11) is 0. The van der Waals surface area contributed by atoms with Crippen molar-refractivity contribution in [2.45, 2.75) is 12.5 Å². The van der Waals surface area contributed by atoms with Crippen molar-refractivity contribution < 1.29 is 9.90 Å². The van der Waals surface area contributed by atoms with Gasteiger partial charge in [0, 0.05) is 38.4 Å². The zero-order valence-electron chi connectivity index (χ0n) is 11.8. The summed E-state index contributed by atoms with van der Waals surface area (Å²) in [4.78, 5) is 15.8. The molecule has 1 aliphatic heterocycles. The number of amides is 1. The Kier molecular flexibility index (Phi) is 2.64. The molecule has 3 aromatic rings. The summed E-state index contributed by atoms with van der Waals surface area (Å²) in [6.07, 6.45) is 0. The molecule has 5 heteroatoms. The van der Waals surface area contributed by atoms with E-state index in [2.05, 4.69) is 10.3 Å². The number of carbonyl (C=O) groups excluding carboxylic acids is 1. The van der Waals surface area contributed by atoms with Gasteiger partial charge in [0.15, 0.2) is 5.60 Å². The molecule has 1 aliphatic rings. The van der Waals surface area contributed by atoms with E-state index >= 15 is 0 Å². The van der Waals surface area contributed by atoms with Crippen molar-refractivity contribution in [2.75, 3.05) is 5.32 Å². The third-order valence-corrected chi connectivity index (χ3v) is 4.44. The molecule has 0 aliphatic carbocycles. The molecule has 0 saturated carbocycles. The average molecular weight is 313 g/mol. The highest BCUT2D eigenvalue weighted by molar-refractivity contribution is 6.31. The number of hydrogen-bond donors (Lipinski definition) is 3. The molecule has 0 bridgehead atoms. The maximum atomic E-state index is 12.5. The molecule has 1 amide bonds. The second-order valence-corrected chi connectivity index (χ2v) is 5.96. The Bertz CT molecular complexity index is 932. The molecule has 0 spiro atoms. The van der Waals surface area contributed by atoms with E-state index in [-0.39, 0.29) is 0 Å². The third kappa shape index (κ3) is 1.59. The maximum Gasteiger partial charge on any atom is 0.265 e. The standard InChI is InChI=1S/C17H13ClN2O2/c1-9-15(11-4-2-3-5-13(11)19-9)17(22)12-8-10(18)6-7-14(12)20-16(17)21/h2-8,19,22H,1H3,(H,20,21). The van der Waals surface area contributed by atoms with Gasteiger partial charge in [-0.15, -0.1) is 0 Å². The number of fused-ring (bicyclic) bond motifs is 2. The topological polar surface area (TPSA) is 65.1 Å². The Morgan fingerprint density at radius 2 is 1.95 bits per heavy atom. The van der Waals surface area contributed by atoms with Crippen LogP contribution in [0.25, 0.3) is 10.9 Å². The van der Waals surface area contributed by atoms with E-state index in [1.165, 1.54) is 0 Å². The van der Waals surface area contributed by atoms with E-state index in [9.17, 15) is 9.90 Å². The summed E-state index contributed by atoms with van der Waals surface area (Å²) in [5, 5.41) is 15.3. The Hall–Kier alpha value is -2.30. The zero-order valence-corrected chi connectivity index (χ0v) is 12.5. The van der Waals surface area contributed by atoms with Gasteiger partial charge in [0.1, 0.15) is 0 Å². The second kappa shape index (κ2) is 4.35. The lowest BCUT2D eigenvalue weighted by molar-refractivity contribution is -0.129. The van der Waals surface area contributed by atoms with Crippen molar-refractivity contribution in [1.29, 1.82) is 0 Å². The quantitative estimate of drug-likeness (QED) is 0.645. The molecule has 0 fully saturated rings. The number of rotatable bonds is 1. The number of nitrogens with one attached hydrogen (secondary N) is 2. The minimum absolute atomic E-state index is 0.461. The summed E-state index contributed by atoms with van der Waals surface area (Å²) >= 11 is 6.06. The number of aryl methyl sites for hydroxylation is 1. The van der Waals surface area contributed by atoms with E-state index in [0.717, 1.165) is 16.6 Å². The number of aliphatic hydroxyl groups is 1. The first-order valence-electron chi connectivity index (χ1n) is 6.93. The van der Waals surface area contributed by atoms with Crippen LogP contribution in [0.3, 0.4) is 0 Å². The van der Waals surface area contributed by atoms with Gasteiger partial charge < -0.3 is 15.4 Å². The van der Waals surface area contributed by atoms with Crippen LogP contribution in [0.15, 0.2) is 42.5 Å². The third-order valence-electron chi connectivity index (χ3n) is 4.20. The molecule has 0 radical (unpaired) electrons. The molecule has 1 unspecified atom stereocenters. The summed E-state index contributed by atoms with van der Waals surface area (Å²) in [5.74, 6) is -0.461. The fraction of sp³-hybridized carbons (Fsp3) is 0.118. The summed E-state index contributed by atoms with van der Waals surface area (Å²) < 4.78 is 0. The molecule has 2 heterocycles. The Labute approximate surface area is 131 Å². The molecule has 3 N–H and O–H groups in total. The van der Waals surface area contributed by atoms with Gasteiger partial charge >= 0.3 is 0 Å². The first-order chi connectivity index (χ1) is 10.5. The van der Waals surface area contributed by atoms with Gasteiger partial charge in [-0.2, -0.15) is 0 Å². The largest absolute Gasteiger partial charge is 0.372 e. The van der Waals surface area contributed by atoms with E-state index in [1.54, 1.807) is 18.2 Å². The van der Waals surface area contributed by atoms with Crippen LogP contribution in [-0.2, 0) is 10.4 Å². The lowest BCUT2D eigenvalue weighted by Crippen LogP contribution is -2.35. The van der Waals surface area contributed by atoms with Gasteiger partial charge in [-0.05, 0) is 31.2 Å². The molecular formula is C17H13ClN2O2. The summed E-state index contributed by atoms with van der Waals surface area (Å²) in [6.45, 7) is 1.85. The van der Waals surface area contributed by atoms with Crippen molar-refractivity contribution in [3.8, 4) is 0 Å². The van der Waals surface area contributed by atoms with Crippen LogP contribution in [0.2, 0.25) is 5.02 Å². The van der Waals surface area contributed by atoms with E-state index in [1.807, 2.05) is 31.2 Å². The average Bonchev–Trinajstić information content (AvgIpc) is 2.95. The van der Waals surface area contributed by atoms with Crippen LogP contribution in [0.1, 0.15) is 16.8 Å². The second-order valence-electron chi connectivity index (χ2n) is 5.53. The summed E-state index contributed by atoms with van der Waals surface area (Å²) in [6, 6.07) is 12.6. The van der Waals surface area contributed by atoms with Crippen LogP contribution in [0.5, 0.6) is 0 Å².